The van der Waals surface area contributed by atoms with Crippen LogP contribution in [0.1, 0.15) is 40.0 Å². The summed E-state index contributed by atoms with van der Waals surface area (Å²) in [4.78, 5) is 0. The number of hydrogen-bond donors (Lipinski definition) is 2. The molecule has 0 radical (unpaired) electrons. The van der Waals surface area contributed by atoms with E-state index in [9.17, 15) is 5.11 Å². The van der Waals surface area contributed by atoms with Crippen molar-refractivity contribution in [3.8, 4) is 12.3 Å². The maximum atomic E-state index is 9.59. The van der Waals surface area contributed by atoms with Gasteiger partial charge in [-0.25, -0.2) is 0 Å². The summed E-state index contributed by atoms with van der Waals surface area (Å²) in [6.45, 7) is 7.52. The van der Waals surface area contributed by atoms with E-state index in [1.807, 2.05) is 0 Å². The molecule has 0 aromatic rings. The normalized spacial score (nSPS) is 34.7. The zero-order chi connectivity index (χ0) is 11.5. The van der Waals surface area contributed by atoms with Crippen molar-refractivity contribution in [1.29, 1.82) is 0 Å². The van der Waals surface area contributed by atoms with E-state index >= 15 is 0 Å². The van der Waals surface area contributed by atoms with Crippen molar-refractivity contribution >= 4 is 0 Å². The molecular weight excluding hydrogens is 186 g/mol. The Morgan fingerprint density at radius 3 is 2.60 bits per heavy atom. The van der Waals surface area contributed by atoms with Gasteiger partial charge >= 0.3 is 0 Å². The van der Waals surface area contributed by atoms with E-state index in [0.29, 0.717) is 17.9 Å². The molecule has 1 aliphatic rings. The largest absolute Gasteiger partial charge is 0.394 e. The lowest BCUT2D eigenvalue weighted by atomic mass is 9.64. The Hall–Kier alpha value is -0.520. The summed E-state index contributed by atoms with van der Waals surface area (Å²) in [6.07, 6.45) is 8.52. The Kier molecular flexibility index (Phi) is 3.81. The molecule has 0 heterocycles. The Morgan fingerprint density at radius 1 is 1.47 bits per heavy atom. The third-order valence-electron chi connectivity index (χ3n) is 3.33. The fourth-order valence-electron chi connectivity index (χ4n) is 3.29. The number of nitrogens with one attached hydrogen (secondary N) is 1. The van der Waals surface area contributed by atoms with Crippen LogP contribution in [0.2, 0.25) is 0 Å². The van der Waals surface area contributed by atoms with Gasteiger partial charge in [0.1, 0.15) is 0 Å². The maximum absolute atomic E-state index is 9.59. The third-order valence-corrected chi connectivity index (χ3v) is 3.33. The number of aliphatic hydroxyl groups is 1. The molecule has 1 aliphatic carbocycles. The topological polar surface area (TPSA) is 32.3 Å². The van der Waals surface area contributed by atoms with Gasteiger partial charge < -0.3 is 5.11 Å². The van der Waals surface area contributed by atoms with E-state index in [2.05, 4.69) is 32.0 Å². The minimum atomic E-state index is -0.159. The minimum Gasteiger partial charge on any atom is -0.394 e. The van der Waals surface area contributed by atoms with Crippen LogP contribution in [0.15, 0.2) is 0 Å². The summed E-state index contributed by atoms with van der Waals surface area (Å²) in [5.74, 6) is 3.24. The van der Waals surface area contributed by atoms with Crippen LogP contribution in [0, 0.1) is 23.7 Å². The Bertz CT molecular complexity index is 254. The molecule has 1 fully saturated rings. The predicted octanol–water partition coefficient (Wildman–Crippen LogP) is 1.79. The SMILES string of the molecule is C#CCNC1(CO)CC(C)CC(C)(C)C1. The fourth-order valence-corrected chi connectivity index (χ4v) is 3.29. The van der Waals surface area contributed by atoms with E-state index in [4.69, 9.17) is 6.42 Å². The van der Waals surface area contributed by atoms with Crippen LogP contribution in [0.3, 0.4) is 0 Å². The smallest absolute Gasteiger partial charge is 0.0613 e. The first-order valence-corrected chi connectivity index (χ1v) is 5.72. The van der Waals surface area contributed by atoms with Crippen molar-refractivity contribution in [1.82, 2.24) is 5.32 Å². The van der Waals surface area contributed by atoms with Crippen molar-refractivity contribution in [3.05, 3.63) is 0 Å². The van der Waals surface area contributed by atoms with Crippen molar-refractivity contribution in [2.45, 2.75) is 45.6 Å². The summed E-state index contributed by atoms with van der Waals surface area (Å²) < 4.78 is 0. The van der Waals surface area contributed by atoms with Gasteiger partial charge in [0, 0.05) is 5.54 Å². The second kappa shape index (κ2) is 4.55. The number of hydrogen-bond acceptors (Lipinski definition) is 2. The molecule has 0 spiro atoms. The number of rotatable bonds is 3. The van der Waals surface area contributed by atoms with E-state index in [0.717, 1.165) is 12.8 Å². The molecule has 0 aromatic heterocycles. The highest BCUT2D eigenvalue weighted by molar-refractivity contribution is 5.01. The molecule has 0 aromatic carbocycles. The predicted molar refractivity (Wildman–Crippen MR) is 63.4 cm³/mol. The Morgan fingerprint density at radius 2 is 2.13 bits per heavy atom. The van der Waals surface area contributed by atoms with Gasteiger partial charge in [-0.05, 0) is 30.6 Å². The molecule has 2 heteroatoms. The summed E-state index contributed by atoms with van der Waals surface area (Å²) in [7, 11) is 0. The van der Waals surface area contributed by atoms with Crippen LogP contribution in [0.4, 0.5) is 0 Å². The van der Waals surface area contributed by atoms with Gasteiger partial charge in [0.05, 0.1) is 13.2 Å². The summed E-state index contributed by atoms with van der Waals surface area (Å²) >= 11 is 0. The number of aliphatic hydroxyl groups excluding tert-OH is 1. The zero-order valence-corrected chi connectivity index (χ0v) is 10.1. The van der Waals surface area contributed by atoms with Gasteiger partial charge in [-0.3, -0.25) is 5.32 Å². The molecule has 0 amide bonds. The van der Waals surface area contributed by atoms with Crippen LogP contribution in [0.5, 0.6) is 0 Å². The molecule has 2 atom stereocenters. The molecule has 86 valence electrons. The lowest BCUT2D eigenvalue weighted by Gasteiger charge is -2.47. The first kappa shape index (κ1) is 12.5. The molecule has 0 aliphatic heterocycles. The maximum Gasteiger partial charge on any atom is 0.0613 e. The first-order valence-electron chi connectivity index (χ1n) is 5.72. The number of terminal acetylenes is 1. The summed E-state index contributed by atoms with van der Waals surface area (Å²) in [6, 6.07) is 0. The molecule has 2 N–H and O–H groups in total. The molecule has 1 rings (SSSR count). The van der Waals surface area contributed by atoms with Crippen LogP contribution in [-0.2, 0) is 0 Å². The Balaban J connectivity index is 2.75. The third kappa shape index (κ3) is 3.22. The van der Waals surface area contributed by atoms with Crippen LogP contribution >= 0.6 is 0 Å². The standard InChI is InChI=1S/C13H23NO/c1-5-6-14-13(10-15)8-11(2)7-12(3,4)9-13/h1,11,14-15H,6-10H2,2-4H3. The van der Waals surface area contributed by atoms with E-state index in [-0.39, 0.29) is 12.1 Å². The zero-order valence-electron chi connectivity index (χ0n) is 10.1. The Labute approximate surface area is 93.5 Å². The van der Waals surface area contributed by atoms with Crippen LogP contribution in [0.25, 0.3) is 0 Å². The van der Waals surface area contributed by atoms with Crippen LogP contribution in [-0.4, -0.2) is 23.8 Å². The van der Waals surface area contributed by atoms with Gasteiger partial charge in [-0.2, -0.15) is 0 Å². The lowest BCUT2D eigenvalue weighted by molar-refractivity contribution is 0.0392. The average Bonchev–Trinajstić information content (AvgIpc) is 2.11. The second-order valence-corrected chi connectivity index (χ2v) is 5.85. The highest BCUT2D eigenvalue weighted by atomic mass is 16.3. The molecule has 0 saturated heterocycles. The van der Waals surface area contributed by atoms with E-state index < -0.39 is 0 Å². The highest BCUT2D eigenvalue weighted by Gasteiger charge is 2.41. The average molecular weight is 209 g/mol. The molecule has 2 unspecified atom stereocenters. The van der Waals surface area contributed by atoms with Crippen molar-refractivity contribution in [2.75, 3.05) is 13.2 Å². The monoisotopic (exact) mass is 209 g/mol. The van der Waals surface area contributed by atoms with Gasteiger partial charge in [-0.15, -0.1) is 6.42 Å². The quantitative estimate of drug-likeness (QED) is 0.695. The van der Waals surface area contributed by atoms with Gasteiger partial charge in [0.25, 0.3) is 0 Å². The molecular formula is C13H23NO. The van der Waals surface area contributed by atoms with E-state index in [1.54, 1.807) is 0 Å². The van der Waals surface area contributed by atoms with Gasteiger partial charge in [0.15, 0.2) is 0 Å². The summed E-state index contributed by atoms with van der Waals surface area (Å²) in [5.41, 5.74) is 0.134. The lowest BCUT2D eigenvalue weighted by Crippen LogP contribution is -2.55. The summed E-state index contributed by atoms with van der Waals surface area (Å²) in [5, 5.41) is 12.9. The fraction of sp³-hybridized carbons (Fsp3) is 0.846. The van der Waals surface area contributed by atoms with Crippen LogP contribution < -0.4 is 5.32 Å². The first-order chi connectivity index (χ1) is 6.93. The highest BCUT2D eigenvalue weighted by Crippen LogP contribution is 2.43. The molecule has 2 nitrogen and oxygen atoms in total. The van der Waals surface area contributed by atoms with Crippen molar-refractivity contribution < 1.29 is 5.11 Å². The second-order valence-electron chi connectivity index (χ2n) is 5.85. The molecule has 1 saturated carbocycles. The van der Waals surface area contributed by atoms with Gasteiger partial charge in [-0.1, -0.05) is 26.7 Å². The van der Waals surface area contributed by atoms with Gasteiger partial charge in [0.2, 0.25) is 0 Å². The van der Waals surface area contributed by atoms with Crippen molar-refractivity contribution in [2.24, 2.45) is 11.3 Å². The van der Waals surface area contributed by atoms with E-state index in [1.165, 1.54) is 6.42 Å². The molecule has 0 bridgehead atoms. The molecule has 15 heavy (non-hydrogen) atoms. The minimum absolute atomic E-state index is 0.159. The van der Waals surface area contributed by atoms with Crippen molar-refractivity contribution in [3.63, 3.8) is 0 Å².